The van der Waals surface area contributed by atoms with Gasteiger partial charge in [-0.25, -0.2) is 13.6 Å². The van der Waals surface area contributed by atoms with Crippen molar-refractivity contribution >= 4 is 10.0 Å². The van der Waals surface area contributed by atoms with E-state index >= 15 is 0 Å². The van der Waals surface area contributed by atoms with Gasteiger partial charge in [-0.2, -0.15) is 0 Å². The van der Waals surface area contributed by atoms with Crippen molar-refractivity contribution in [2.24, 2.45) is 11.1 Å². The average Bonchev–Trinajstić information content (AvgIpc) is 2.45. The van der Waals surface area contributed by atoms with Gasteiger partial charge in [0.15, 0.2) is 0 Å². The first-order valence-corrected chi connectivity index (χ1v) is 8.45. The number of primary sulfonamides is 1. The lowest BCUT2D eigenvalue weighted by molar-refractivity contribution is 0.0656. The van der Waals surface area contributed by atoms with Crippen LogP contribution in [0.3, 0.4) is 0 Å². The molecule has 1 aromatic carbocycles. The maximum absolute atomic E-state index is 11.2. The number of rotatable bonds is 5. The molecular formula is C14H22N2O3S. The molecule has 20 heavy (non-hydrogen) atoms. The zero-order chi connectivity index (χ0) is 14.6. The van der Waals surface area contributed by atoms with E-state index in [-0.39, 0.29) is 10.9 Å². The van der Waals surface area contributed by atoms with Crippen molar-refractivity contribution in [3.05, 3.63) is 29.8 Å². The maximum Gasteiger partial charge on any atom is 0.238 e. The summed E-state index contributed by atoms with van der Waals surface area (Å²) in [6.07, 6.45) is 2.20. The molecule has 1 aliphatic rings. The Hall–Kier alpha value is -0.950. The molecule has 1 heterocycles. The number of ether oxygens (including phenoxy) is 1. The van der Waals surface area contributed by atoms with E-state index in [1.54, 1.807) is 24.3 Å². The van der Waals surface area contributed by atoms with Gasteiger partial charge in [-0.05, 0) is 49.9 Å². The molecule has 0 amide bonds. The first kappa shape index (κ1) is 15.4. The summed E-state index contributed by atoms with van der Waals surface area (Å²) in [5, 5.41) is 8.57. The van der Waals surface area contributed by atoms with Crippen LogP contribution < -0.4 is 10.5 Å². The summed E-state index contributed by atoms with van der Waals surface area (Å²) >= 11 is 0. The summed E-state index contributed by atoms with van der Waals surface area (Å²) in [4.78, 5) is 0.151. The molecule has 0 aromatic heterocycles. The number of nitrogens with one attached hydrogen (secondary N) is 1. The van der Waals surface area contributed by atoms with Gasteiger partial charge in [0.25, 0.3) is 0 Å². The molecule has 3 N–H and O–H groups in total. The summed E-state index contributed by atoms with van der Waals surface area (Å²) in [6.45, 7) is 4.74. The Morgan fingerprint density at radius 2 is 1.90 bits per heavy atom. The first-order chi connectivity index (χ1) is 9.47. The Morgan fingerprint density at radius 1 is 1.30 bits per heavy atom. The van der Waals surface area contributed by atoms with E-state index in [0.29, 0.717) is 5.92 Å². The smallest absolute Gasteiger partial charge is 0.238 e. The van der Waals surface area contributed by atoms with Crippen LogP contribution in [-0.2, 0) is 14.8 Å². The molecule has 0 radical (unpaired) electrons. The second-order valence-corrected chi connectivity index (χ2v) is 6.86. The van der Waals surface area contributed by atoms with Crippen molar-refractivity contribution in [1.82, 2.24) is 5.32 Å². The molecule has 0 aliphatic carbocycles. The highest BCUT2D eigenvalue weighted by molar-refractivity contribution is 7.89. The summed E-state index contributed by atoms with van der Waals surface area (Å²) in [5.74, 6) is 0.662. The number of benzene rings is 1. The highest BCUT2D eigenvalue weighted by atomic mass is 32.2. The molecule has 1 unspecified atom stereocenters. The van der Waals surface area contributed by atoms with E-state index in [1.807, 2.05) is 0 Å². The van der Waals surface area contributed by atoms with Gasteiger partial charge < -0.3 is 10.1 Å². The van der Waals surface area contributed by atoms with Gasteiger partial charge >= 0.3 is 0 Å². The Bertz CT molecular complexity index is 522. The molecular weight excluding hydrogens is 276 g/mol. The third kappa shape index (κ3) is 4.28. The molecule has 112 valence electrons. The number of hydrogen-bond donors (Lipinski definition) is 2. The van der Waals surface area contributed by atoms with Gasteiger partial charge in [0.2, 0.25) is 10.0 Å². The number of sulfonamides is 1. The van der Waals surface area contributed by atoms with E-state index in [1.165, 1.54) is 0 Å². The van der Waals surface area contributed by atoms with Crippen molar-refractivity contribution < 1.29 is 13.2 Å². The Labute approximate surface area is 120 Å². The molecule has 2 rings (SSSR count). The van der Waals surface area contributed by atoms with Gasteiger partial charge in [-0.3, -0.25) is 0 Å². The zero-order valence-corrected chi connectivity index (χ0v) is 12.5. The molecule has 0 bridgehead atoms. The second kappa shape index (κ2) is 6.67. The van der Waals surface area contributed by atoms with Crippen LogP contribution in [-0.4, -0.2) is 28.2 Å². The molecule has 5 nitrogen and oxygen atoms in total. The Balaban J connectivity index is 1.90. The number of nitrogens with two attached hydrogens (primary N) is 1. The van der Waals surface area contributed by atoms with E-state index in [2.05, 4.69) is 12.2 Å². The van der Waals surface area contributed by atoms with Gasteiger partial charge in [0.1, 0.15) is 0 Å². The first-order valence-electron chi connectivity index (χ1n) is 6.90. The standard InChI is InChI=1S/C14H22N2O3S/c1-11(16-10-12-6-8-19-9-7-12)13-2-4-14(5-3-13)20(15,17)18/h2-5,11-12,16H,6-10H2,1H3,(H2,15,17,18). The van der Waals surface area contributed by atoms with Crippen molar-refractivity contribution in [3.8, 4) is 0 Å². The summed E-state index contributed by atoms with van der Waals surface area (Å²) in [6, 6.07) is 6.91. The van der Waals surface area contributed by atoms with Crippen LogP contribution in [0.15, 0.2) is 29.2 Å². The quantitative estimate of drug-likeness (QED) is 0.861. The van der Waals surface area contributed by atoms with Crippen LogP contribution in [0.25, 0.3) is 0 Å². The molecule has 1 atom stereocenters. The predicted molar refractivity (Wildman–Crippen MR) is 77.8 cm³/mol. The third-order valence-electron chi connectivity index (χ3n) is 3.76. The molecule has 0 saturated carbocycles. The van der Waals surface area contributed by atoms with E-state index < -0.39 is 10.0 Å². The monoisotopic (exact) mass is 298 g/mol. The largest absolute Gasteiger partial charge is 0.381 e. The normalized spacial score (nSPS) is 18.9. The highest BCUT2D eigenvalue weighted by Crippen LogP contribution is 2.18. The van der Waals surface area contributed by atoms with Gasteiger partial charge in [0.05, 0.1) is 4.90 Å². The molecule has 1 fully saturated rings. The minimum absolute atomic E-state index is 0.151. The fourth-order valence-electron chi connectivity index (χ4n) is 2.36. The van der Waals surface area contributed by atoms with E-state index in [4.69, 9.17) is 9.88 Å². The minimum Gasteiger partial charge on any atom is -0.381 e. The van der Waals surface area contributed by atoms with Crippen LogP contribution >= 0.6 is 0 Å². The summed E-state index contributed by atoms with van der Waals surface area (Å²) < 4.78 is 27.7. The fraction of sp³-hybridized carbons (Fsp3) is 0.571. The molecule has 6 heteroatoms. The summed E-state index contributed by atoms with van der Waals surface area (Å²) in [5.41, 5.74) is 1.06. The Kier molecular flexibility index (Phi) is 5.15. The molecule has 1 aromatic rings. The van der Waals surface area contributed by atoms with Crippen molar-refractivity contribution in [2.75, 3.05) is 19.8 Å². The van der Waals surface area contributed by atoms with E-state index in [9.17, 15) is 8.42 Å². The number of hydrogen-bond acceptors (Lipinski definition) is 4. The predicted octanol–water partition coefficient (Wildman–Crippen LogP) is 1.41. The highest BCUT2D eigenvalue weighted by Gasteiger charge is 2.15. The van der Waals surface area contributed by atoms with Crippen molar-refractivity contribution in [2.45, 2.75) is 30.7 Å². The van der Waals surface area contributed by atoms with E-state index in [0.717, 1.165) is 38.2 Å². The molecule has 1 saturated heterocycles. The third-order valence-corrected chi connectivity index (χ3v) is 4.69. The lowest BCUT2D eigenvalue weighted by atomic mass is 9.99. The van der Waals surface area contributed by atoms with Crippen LogP contribution in [0.2, 0.25) is 0 Å². The van der Waals surface area contributed by atoms with Crippen LogP contribution in [0.1, 0.15) is 31.4 Å². The van der Waals surface area contributed by atoms with Gasteiger partial charge in [-0.1, -0.05) is 12.1 Å². The fourth-order valence-corrected chi connectivity index (χ4v) is 2.87. The van der Waals surface area contributed by atoms with Crippen LogP contribution in [0.4, 0.5) is 0 Å². The van der Waals surface area contributed by atoms with Crippen LogP contribution in [0, 0.1) is 5.92 Å². The lowest BCUT2D eigenvalue weighted by Crippen LogP contribution is -2.29. The van der Waals surface area contributed by atoms with Crippen molar-refractivity contribution in [3.63, 3.8) is 0 Å². The second-order valence-electron chi connectivity index (χ2n) is 5.30. The zero-order valence-electron chi connectivity index (χ0n) is 11.7. The summed E-state index contributed by atoms with van der Waals surface area (Å²) in [7, 11) is -3.61. The molecule has 1 aliphatic heterocycles. The van der Waals surface area contributed by atoms with Crippen molar-refractivity contribution in [1.29, 1.82) is 0 Å². The maximum atomic E-state index is 11.2. The van der Waals surface area contributed by atoms with Gasteiger partial charge in [-0.15, -0.1) is 0 Å². The molecule has 0 spiro atoms. The average molecular weight is 298 g/mol. The SMILES string of the molecule is CC(NCC1CCOCC1)c1ccc(S(N)(=O)=O)cc1. The Morgan fingerprint density at radius 3 is 2.45 bits per heavy atom. The topological polar surface area (TPSA) is 81.4 Å². The minimum atomic E-state index is -3.61. The lowest BCUT2D eigenvalue weighted by Gasteiger charge is -2.24. The van der Waals surface area contributed by atoms with Crippen LogP contribution in [0.5, 0.6) is 0 Å². The van der Waals surface area contributed by atoms with Gasteiger partial charge in [0, 0.05) is 19.3 Å².